The monoisotopic (exact) mass is 228 g/mol. The normalized spacial score (nSPS) is 17.7. The molecule has 0 unspecified atom stereocenters. The van der Waals surface area contributed by atoms with Gasteiger partial charge in [0.25, 0.3) is 0 Å². The minimum Gasteiger partial charge on any atom is -0.379 e. The second-order valence-electron chi connectivity index (χ2n) is 4.58. The summed E-state index contributed by atoms with van der Waals surface area (Å²) in [6, 6.07) is 10.7. The van der Waals surface area contributed by atoms with Crippen molar-refractivity contribution in [1.29, 1.82) is 0 Å². The lowest BCUT2D eigenvalue weighted by atomic mass is 9.74. The van der Waals surface area contributed by atoms with Gasteiger partial charge in [-0.1, -0.05) is 24.3 Å². The zero-order valence-corrected chi connectivity index (χ0v) is 9.65. The largest absolute Gasteiger partial charge is 0.379 e. The van der Waals surface area contributed by atoms with Crippen LogP contribution in [0.3, 0.4) is 0 Å². The van der Waals surface area contributed by atoms with Gasteiger partial charge in [0.15, 0.2) is 0 Å². The van der Waals surface area contributed by atoms with Gasteiger partial charge in [0.1, 0.15) is 0 Å². The molecule has 0 spiro atoms. The van der Waals surface area contributed by atoms with Crippen molar-refractivity contribution in [2.24, 2.45) is 5.73 Å². The van der Waals surface area contributed by atoms with Crippen LogP contribution in [-0.4, -0.2) is 18.2 Å². The summed E-state index contributed by atoms with van der Waals surface area (Å²) in [6.45, 7) is 2.10. The summed E-state index contributed by atoms with van der Waals surface area (Å²) in [5.74, 6) is 0. The number of H-pyrrole nitrogens is 1. The first-order valence-corrected chi connectivity index (χ1v) is 5.86. The Morgan fingerprint density at radius 2 is 1.88 bits per heavy atom. The highest BCUT2D eigenvalue weighted by Crippen LogP contribution is 2.38. The van der Waals surface area contributed by atoms with E-state index in [1.54, 1.807) is 0 Å². The van der Waals surface area contributed by atoms with Crippen LogP contribution in [-0.2, 0) is 16.7 Å². The molecule has 0 amide bonds. The number of hydrogen-bond donors (Lipinski definition) is 2. The molecule has 1 aromatic carbocycles. The third kappa shape index (κ3) is 1.59. The van der Waals surface area contributed by atoms with E-state index in [1.165, 1.54) is 16.7 Å². The van der Waals surface area contributed by atoms with Crippen molar-refractivity contribution in [3.63, 3.8) is 0 Å². The van der Waals surface area contributed by atoms with E-state index < -0.39 is 0 Å². The summed E-state index contributed by atoms with van der Waals surface area (Å²) in [4.78, 5) is 3.12. The number of nitrogens with one attached hydrogen (secondary N) is 1. The van der Waals surface area contributed by atoms with Crippen molar-refractivity contribution in [3.05, 3.63) is 59.4 Å². The summed E-state index contributed by atoms with van der Waals surface area (Å²) in [5.41, 5.74) is 9.42. The molecule has 3 N–H and O–H groups in total. The van der Waals surface area contributed by atoms with Gasteiger partial charge in [-0.05, 0) is 22.8 Å². The summed E-state index contributed by atoms with van der Waals surface area (Å²) >= 11 is 0. The maximum atomic E-state index is 5.62. The van der Waals surface area contributed by atoms with E-state index in [4.69, 9.17) is 10.5 Å². The third-order valence-electron chi connectivity index (χ3n) is 3.59. The van der Waals surface area contributed by atoms with E-state index in [-0.39, 0.29) is 5.41 Å². The van der Waals surface area contributed by atoms with Gasteiger partial charge in [0.2, 0.25) is 0 Å². The molecule has 1 aromatic heterocycles. The highest BCUT2D eigenvalue weighted by Gasteiger charge is 2.42. The van der Waals surface area contributed by atoms with Crippen LogP contribution in [0.1, 0.15) is 16.7 Å². The number of hydrogen-bond acceptors (Lipinski definition) is 2. The molecule has 0 saturated carbocycles. The van der Waals surface area contributed by atoms with Gasteiger partial charge in [0, 0.05) is 18.9 Å². The summed E-state index contributed by atoms with van der Waals surface area (Å²) in [5, 5.41) is 0. The Hall–Kier alpha value is -1.58. The number of benzene rings is 1. The standard InChI is InChI=1S/C14H16N2O/c15-7-11-1-3-12(4-2-11)14(9-17-10-14)13-5-6-16-8-13/h1-6,8,16H,7,9-10,15H2. The van der Waals surface area contributed by atoms with Gasteiger partial charge in [0.05, 0.1) is 18.6 Å². The first-order valence-electron chi connectivity index (χ1n) is 5.86. The molecule has 0 aliphatic carbocycles. The molecular weight excluding hydrogens is 212 g/mol. The van der Waals surface area contributed by atoms with Crippen LogP contribution in [0.2, 0.25) is 0 Å². The molecule has 88 valence electrons. The van der Waals surface area contributed by atoms with E-state index in [0.29, 0.717) is 6.54 Å². The summed E-state index contributed by atoms with van der Waals surface area (Å²) in [6.07, 6.45) is 4.02. The van der Waals surface area contributed by atoms with Gasteiger partial charge < -0.3 is 15.5 Å². The van der Waals surface area contributed by atoms with Gasteiger partial charge in [-0.15, -0.1) is 0 Å². The lowest BCUT2D eigenvalue weighted by Crippen LogP contribution is -2.47. The fourth-order valence-electron chi connectivity index (χ4n) is 2.39. The molecule has 1 aliphatic rings. The zero-order chi connectivity index (χ0) is 11.7. The molecule has 0 atom stereocenters. The van der Waals surface area contributed by atoms with E-state index in [1.807, 2.05) is 6.20 Å². The van der Waals surface area contributed by atoms with Crippen molar-refractivity contribution < 1.29 is 4.74 Å². The molecule has 3 heteroatoms. The molecule has 1 fully saturated rings. The number of aromatic amines is 1. The minimum absolute atomic E-state index is 0.0348. The van der Waals surface area contributed by atoms with Crippen LogP contribution in [0.15, 0.2) is 42.7 Å². The van der Waals surface area contributed by atoms with E-state index in [9.17, 15) is 0 Å². The summed E-state index contributed by atoms with van der Waals surface area (Å²) in [7, 11) is 0. The Balaban J connectivity index is 2.00. The summed E-state index contributed by atoms with van der Waals surface area (Å²) < 4.78 is 5.43. The third-order valence-corrected chi connectivity index (χ3v) is 3.59. The lowest BCUT2D eigenvalue weighted by Gasteiger charge is -2.41. The number of aromatic nitrogens is 1. The van der Waals surface area contributed by atoms with Crippen LogP contribution in [0.25, 0.3) is 0 Å². The van der Waals surface area contributed by atoms with Crippen molar-refractivity contribution >= 4 is 0 Å². The van der Waals surface area contributed by atoms with Crippen molar-refractivity contribution in [1.82, 2.24) is 4.98 Å². The second-order valence-corrected chi connectivity index (χ2v) is 4.58. The zero-order valence-electron chi connectivity index (χ0n) is 9.65. The van der Waals surface area contributed by atoms with Crippen molar-refractivity contribution in [3.8, 4) is 0 Å². The average Bonchev–Trinajstić information content (AvgIpc) is 2.83. The number of nitrogens with two attached hydrogens (primary N) is 1. The first-order chi connectivity index (χ1) is 8.35. The molecule has 0 bridgehead atoms. The predicted octanol–water partition coefficient (Wildman–Crippen LogP) is 1.79. The van der Waals surface area contributed by atoms with Crippen LogP contribution < -0.4 is 5.73 Å². The van der Waals surface area contributed by atoms with E-state index in [0.717, 1.165) is 13.2 Å². The quantitative estimate of drug-likeness (QED) is 0.841. The van der Waals surface area contributed by atoms with Crippen LogP contribution in [0.5, 0.6) is 0 Å². The van der Waals surface area contributed by atoms with E-state index in [2.05, 4.69) is 41.5 Å². The predicted molar refractivity (Wildman–Crippen MR) is 66.7 cm³/mol. The van der Waals surface area contributed by atoms with Crippen LogP contribution >= 0.6 is 0 Å². The Kier molecular flexibility index (Phi) is 2.50. The Bertz CT molecular complexity index is 483. The fourth-order valence-corrected chi connectivity index (χ4v) is 2.39. The van der Waals surface area contributed by atoms with Gasteiger partial charge in [-0.3, -0.25) is 0 Å². The van der Waals surface area contributed by atoms with Gasteiger partial charge in [-0.25, -0.2) is 0 Å². The molecule has 2 aromatic rings. The number of ether oxygens (including phenoxy) is 1. The molecule has 2 heterocycles. The Labute approximate surface area is 101 Å². The van der Waals surface area contributed by atoms with Crippen molar-refractivity contribution in [2.75, 3.05) is 13.2 Å². The van der Waals surface area contributed by atoms with Crippen LogP contribution in [0.4, 0.5) is 0 Å². The SMILES string of the molecule is NCc1ccc(C2(c3cc[nH]c3)COC2)cc1. The average molecular weight is 228 g/mol. The number of rotatable bonds is 3. The lowest BCUT2D eigenvalue weighted by molar-refractivity contribution is -0.0379. The second kappa shape index (κ2) is 4.02. The molecular formula is C14H16N2O. The highest BCUT2D eigenvalue weighted by molar-refractivity contribution is 5.41. The minimum atomic E-state index is 0.0348. The topological polar surface area (TPSA) is 51.0 Å². The molecule has 0 radical (unpaired) electrons. The van der Waals surface area contributed by atoms with E-state index >= 15 is 0 Å². The molecule has 1 saturated heterocycles. The fraction of sp³-hybridized carbons (Fsp3) is 0.286. The molecule has 3 nitrogen and oxygen atoms in total. The molecule has 1 aliphatic heterocycles. The van der Waals surface area contributed by atoms with Gasteiger partial charge in [-0.2, -0.15) is 0 Å². The Morgan fingerprint density at radius 3 is 2.35 bits per heavy atom. The Morgan fingerprint density at radius 1 is 1.12 bits per heavy atom. The maximum absolute atomic E-state index is 5.62. The molecule has 3 rings (SSSR count). The van der Waals surface area contributed by atoms with Gasteiger partial charge >= 0.3 is 0 Å². The highest BCUT2D eigenvalue weighted by atomic mass is 16.5. The first kappa shape index (κ1) is 10.6. The smallest absolute Gasteiger partial charge is 0.0684 e. The van der Waals surface area contributed by atoms with Crippen molar-refractivity contribution in [2.45, 2.75) is 12.0 Å². The maximum Gasteiger partial charge on any atom is 0.0684 e. The van der Waals surface area contributed by atoms with Crippen LogP contribution in [0, 0.1) is 0 Å². The molecule has 17 heavy (non-hydrogen) atoms.